The van der Waals surface area contributed by atoms with Gasteiger partial charge in [0.1, 0.15) is 5.75 Å². The van der Waals surface area contributed by atoms with E-state index in [-0.39, 0.29) is 22.2 Å². The van der Waals surface area contributed by atoms with Crippen molar-refractivity contribution >= 4 is 27.3 Å². The van der Waals surface area contributed by atoms with Gasteiger partial charge in [-0.2, -0.15) is 0 Å². The summed E-state index contributed by atoms with van der Waals surface area (Å²) in [5.74, 6) is 0.0715. The molecule has 0 aliphatic carbocycles. The summed E-state index contributed by atoms with van der Waals surface area (Å²) in [7, 11) is -3.35. The number of phenols is 1. The number of benzene rings is 1. The summed E-state index contributed by atoms with van der Waals surface area (Å²) in [5.41, 5.74) is 0.288. The van der Waals surface area contributed by atoms with E-state index < -0.39 is 10.0 Å². The summed E-state index contributed by atoms with van der Waals surface area (Å²) in [6.45, 7) is 1.92. The molecular weight excluding hydrogens is 250 g/mol. The Morgan fingerprint density at radius 1 is 1.44 bits per heavy atom. The first-order chi connectivity index (χ1) is 7.44. The highest BCUT2D eigenvalue weighted by molar-refractivity contribution is 7.92. The lowest BCUT2D eigenvalue weighted by atomic mass is 10.3. The molecular formula is C10H14ClNO3S. The number of rotatable bonds is 5. The monoisotopic (exact) mass is 263 g/mol. The topological polar surface area (TPSA) is 66.4 Å². The Hall–Kier alpha value is -0.940. The third-order valence-electron chi connectivity index (χ3n) is 1.98. The molecule has 0 aliphatic rings. The van der Waals surface area contributed by atoms with Gasteiger partial charge in [0.25, 0.3) is 0 Å². The van der Waals surface area contributed by atoms with E-state index >= 15 is 0 Å². The lowest BCUT2D eigenvalue weighted by molar-refractivity contribution is 0.475. The van der Waals surface area contributed by atoms with Gasteiger partial charge in [0.15, 0.2) is 0 Å². The van der Waals surface area contributed by atoms with Gasteiger partial charge < -0.3 is 5.11 Å². The molecule has 0 amide bonds. The minimum atomic E-state index is -3.35. The van der Waals surface area contributed by atoms with Crippen molar-refractivity contribution in [1.82, 2.24) is 0 Å². The van der Waals surface area contributed by atoms with E-state index in [1.165, 1.54) is 18.2 Å². The van der Waals surface area contributed by atoms with Crippen molar-refractivity contribution in [1.29, 1.82) is 0 Å². The predicted molar refractivity (Wildman–Crippen MR) is 65.4 cm³/mol. The van der Waals surface area contributed by atoms with E-state index in [1.807, 2.05) is 6.92 Å². The van der Waals surface area contributed by atoms with Gasteiger partial charge in [0, 0.05) is 6.07 Å². The Labute approximate surface area is 100 Å². The molecule has 1 aromatic carbocycles. The molecule has 1 rings (SSSR count). The summed E-state index contributed by atoms with van der Waals surface area (Å²) in [5, 5.41) is 9.30. The van der Waals surface area contributed by atoms with Crippen molar-refractivity contribution in [2.24, 2.45) is 0 Å². The molecule has 0 spiro atoms. The average molecular weight is 264 g/mol. The molecule has 0 unspecified atom stereocenters. The highest BCUT2D eigenvalue weighted by atomic mass is 35.5. The fourth-order valence-corrected chi connectivity index (χ4v) is 2.70. The minimum absolute atomic E-state index is 0.00139. The Balaban J connectivity index is 2.80. The molecule has 6 heteroatoms. The summed E-state index contributed by atoms with van der Waals surface area (Å²) in [6, 6.07) is 4.10. The normalized spacial score (nSPS) is 11.4. The second kappa shape index (κ2) is 5.41. The van der Waals surface area contributed by atoms with Gasteiger partial charge in [-0.3, -0.25) is 4.72 Å². The Kier molecular flexibility index (Phi) is 4.44. The minimum Gasteiger partial charge on any atom is -0.508 e. The van der Waals surface area contributed by atoms with Crippen LogP contribution in [0, 0.1) is 0 Å². The van der Waals surface area contributed by atoms with E-state index in [0.29, 0.717) is 6.42 Å². The Morgan fingerprint density at radius 2 is 2.12 bits per heavy atom. The van der Waals surface area contributed by atoms with E-state index in [1.54, 1.807) is 0 Å². The number of hydrogen-bond donors (Lipinski definition) is 2. The zero-order valence-electron chi connectivity index (χ0n) is 8.90. The summed E-state index contributed by atoms with van der Waals surface area (Å²) >= 11 is 5.78. The van der Waals surface area contributed by atoms with E-state index in [9.17, 15) is 8.42 Å². The predicted octanol–water partition coefficient (Wildman–Crippen LogP) is 2.59. The van der Waals surface area contributed by atoms with Crippen LogP contribution in [0.2, 0.25) is 5.02 Å². The Bertz CT molecular complexity index is 459. The van der Waals surface area contributed by atoms with Gasteiger partial charge in [0.05, 0.1) is 16.5 Å². The summed E-state index contributed by atoms with van der Waals surface area (Å²) < 4.78 is 25.5. The van der Waals surface area contributed by atoms with Gasteiger partial charge in [-0.25, -0.2) is 8.42 Å². The molecule has 0 saturated heterocycles. The third-order valence-corrected chi connectivity index (χ3v) is 3.65. The standard InChI is InChI=1S/C10H14ClNO3S/c1-2-3-6-16(14,15)12-10-5-4-8(13)7-9(10)11/h4-5,7,12-13H,2-3,6H2,1H3. The molecule has 16 heavy (non-hydrogen) atoms. The van der Waals surface area contributed by atoms with Crippen LogP contribution in [0.25, 0.3) is 0 Å². The van der Waals surface area contributed by atoms with Crippen LogP contribution in [0.1, 0.15) is 19.8 Å². The van der Waals surface area contributed by atoms with Crippen LogP contribution in [0.5, 0.6) is 5.75 Å². The van der Waals surface area contributed by atoms with Crippen LogP contribution in [-0.4, -0.2) is 19.3 Å². The maximum atomic E-state index is 11.6. The smallest absolute Gasteiger partial charge is 0.232 e. The van der Waals surface area contributed by atoms with Crippen LogP contribution < -0.4 is 4.72 Å². The van der Waals surface area contributed by atoms with Crippen LogP contribution in [-0.2, 0) is 10.0 Å². The van der Waals surface area contributed by atoms with Gasteiger partial charge in [0.2, 0.25) is 10.0 Å². The van der Waals surface area contributed by atoms with Gasteiger partial charge in [-0.05, 0) is 18.6 Å². The molecule has 0 heterocycles. The van der Waals surface area contributed by atoms with Crippen molar-refractivity contribution in [3.8, 4) is 5.75 Å². The summed E-state index contributed by atoms with van der Waals surface area (Å²) in [4.78, 5) is 0. The molecule has 0 radical (unpaired) electrons. The zero-order chi connectivity index (χ0) is 12.2. The van der Waals surface area contributed by atoms with Crippen molar-refractivity contribution in [2.75, 3.05) is 10.5 Å². The quantitative estimate of drug-likeness (QED) is 0.803. The number of aromatic hydroxyl groups is 1. The number of anilines is 1. The van der Waals surface area contributed by atoms with Crippen LogP contribution in [0.3, 0.4) is 0 Å². The van der Waals surface area contributed by atoms with Gasteiger partial charge in [-0.15, -0.1) is 0 Å². The van der Waals surface area contributed by atoms with E-state index in [4.69, 9.17) is 16.7 Å². The highest BCUT2D eigenvalue weighted by Gasteiger charge is 2.11. The molecule has 0 aliphatic heterocycles. The van der Waals surface area contributed by atoms with Gasteiger partial charge >= 0.3 is 0 Å². The molecule has 2 N–H and O–H groups in total. The maximum absolute atomic E-state index is 11.6. The Morgan fingerprint density at radius 3 is 2.69 bits per heavy atom. The first kappa shape index (κ1) is 13.1. The number of hydrogen-bond acceptors (Lipinski definition) is 3. The molecule has 0 saturated carbocycles. The molecule has 1 aromatic rings. The van der Waals surface area contributed by atoms with Crippen molar-refractivity contribution in [3.63, 3.8) is 0 Å². The number of halogens is 1. The molecule has 0 aromatic heterocycles. The molecule has 4 nitrogen and oxygen atoms in total. The molecule has 0 atom stereocenters. The second-order valence-corrected chi connectivity index (χ2v) is 5.69. The maximum Gasteiger partial charge on any atom is 0.232 e. The number of phenolic OH excluding ortho intramolecular Hbond substituents is 1. The van der Waals surface area contributed by atoms with Crippen LogP contribution in [0.15, 0.2) is 18.2 Å². The zero-order valence-corrected chi connectivity index (χ0v) is 10.5. The second-order valence-electron chi connectivity index (χ2n) is 3.44. The molecule has 0 fully saturated rings. The molecule has 90 valence electrons. The SMILES string of the molecule is CCCCS(=O)(=O)Nc1ccc(O)cc1Cl. The third kappa shape index (κ3) is 3.90. The lowest BCUT2D eigenvalue weighted by Crippen LogP contribution is -2.16. The van der Waals surface area contributed by atoms with Crippen LogP contribution >= 0.6 is 11.6 Å². The lowest BCUT2D eigenvalue weighted by Gasteiger charge is -2.09. The van der Waals surface area contributed by atoms with E-state index in [2.05, 4.69) is 4.72 Å². The first-order valence-electron chi connectivity index (χ1n) is 4.93. The largest absolute Gasteiger partial charge is 0.508 e. The van der Waals surface area contributed by atoms with Gasteiger partial charge in [-0.1, -0.05) is 24.9 Å². The van der Waals surface area contributed by atoms with Crippen LogP contribution in [0.4, 0.5) is 5.69 Å². The van der Waals surface area contributed by atoms with Crippen molar-refractivity contribution in [2.45, 2.75) is 19.8 Å². The fourth-order valence-electron chi connectivity index (χ4n) is 1.14. The highest BCUT2D eigenvalue weighted by Crippen LogP contribution is 2.26. The number of unbranched alkanes of at least 4 members (excludes halogenated alkanes) is 1. The fraction of sp³-hybridized carbons (Fsp3) is 0.400. The number of nitrogens with one attached hydrogen (secondary N) is 1. The first-order valence-corrected chi connectivity index (χ1v) is 6.96. The average Bonchev–Trinajstić information content (AvgIpc) is 2.19. The number of sulfonamides is 1. The summed E-state index contributed by atoms with van der Waals surface area (Å²) in [6.07, 6.45) is 1.41. The molecule has 0 bridgehead atoms. The van der Waals surface area contributed by atoms with E-state index in [0.717, 1.165) is 6.42 Å². The van der Waals surface area contributed by atoms with Crippen molar-refractivity contribution in [3.05, 3.63) is 23.2 Å². The van der Waals surface area contributed by atoms with Crippen molar-refractivity contribution < 1.29 is 13.5 Å².